The Morgan fingerprint density at radius 2 is 1.76 bits per heavy atom. The Kier molecular flexibility index (Phi) is 5.59. The monoisotopic (exact) mass is 403 g/mol. The number of halogens is 1. The molecule has 0 unspecified atom stereocenters. The molecule has 1 heterocycles. The predicted octanol–water partition coefficient (Wildman–Crippen LogP) is 5.86. The third-order valence-electron chi connectivity index (χ3n) is 4.30. The molecule has 2 N–H and O–H groups in total. The highest BCUT2D eigenvalue weighted by Crippen LogP contribution is 2.24. The van der Waals surface area contributed by atoms with Gasteiger partial charge in [0.15, 0.2) is 5.76 Å². The van der Waals surface area contributed by atoms with Gasteiger partial charge >= 0.3 is 0 Å². The Labute approximate surface area is 173 Å². The number of rotatable bonds is 6. The Morgan fingerprint density at radius 1 is 0.966 bits per heavy atom. The van der Waals surface area contributed by atoms with Gasteiger partial charge in [-0.05, 0) is 36.4 Å². The molecule has 144 valence electrons. The second-order valence-corrected chi connectivity index (χ2v) is 6.78. The summed E-state index contributed by atoms with van der Waals surface area (Å²) in [4.78, 5) is 17.0. The third-order valence-corrected chi connectivity index (χ3v) is 4.53. The summed E-state index contributed by atoms with van der Waals surface area (Å²) < 4.78 is 5.81. The maximum absolute atomic E-state index is 12.7. The predicted molar refractivity (Wildman–Crippen MR) is 115 cm³/mol. The fraction of sp³-hybridized carbons (Fsp3) is 0.0435. The van der Waals surface area contributed by atoms with Crippen molar-refractivity contribution in [3.05, 3.63) is 102 Å². The Bertz CT molecular complexity index is 1130. The summed E-state index contributed by atoms with van der Waals surface area (Å²) in [5.41, 5.74) is 2.84. The standard InChI is InChI=1S/C23H18ClN3O2/c24-17-8-6-7-16(13-17)21-14-26-22(29-21)15-25-20-12-5-4-11-19(20)23(28)27-18-9-2-1-3-10-18/h1-14,25H,15H2,(H,27,28). The Hall–Kier alpha value is -3.57. The number of hydrogen-bond acceptors (Lipinski definition) is 4. The van der Waals surface area contributed by atoms with Crippen LogP contribution in [0.4, 0.5) is 11.4 Å². The maximum Gasteiger partial charge on any atom is 0.257 e. The lowest BCUT2D eigenvalue weighted by Gasteiger charge is -2.11. The number of anilines is 2. The van der Waals surface area contributed by atoms with Crippen LogP contribution in [0.25, 0.3) is 11.3 Å². The minimum atomic E-state index is -0.189. The fourth-order valence-corrected chi connectivity index (χ4v) is 3.08. The van der Waals surface area contributed by atoms with Crippen LogP contribution >= 0.6 is 11.6 Å². The van der Waals surface area contributed by atoms with E-state index in [2.05, 4.69) is 15.6 Å². The fourth-order valence-electron chi connectivity index (χ4n) is 2.89. The average Bonchev–Trinajstić information content (AvgIpc) is 3.22. The zero-order valence-corrected chi connectivity index (χ0v) is 16.2. The van der Waals surface area contributed by atoms with Gasteiger partial charge in [-0.1, -0.05) is 54.1 Å². The zero-order chi connectivity index (χ0) is 20.1. The van der Waals surface area contributed by atoms with E-state index < -0.39 is 0 Å². The van der Waals surface area contributed by atoms with Crippen molar-refractivity contribution in [2.75, 3.05) is 10.6 Å². The topological polar surface area (TPSA) is 67.2 Å². The van der Waals surface area contributed by atoms with Gasteiger partial charge in [0.1, 0.15) is 0 Å². The second-order valence-electron chi connectivity index (χ2n) is 6.35. The molecule has 0 spiro atoms. The molecule has 0 atom stereocenters. The first-order valence-corrected chi connectivity index (χ1v) is 9.47. The number of hydrogen-bond donors (Lipinski definition) is 2. The lowest BCUT2D eigenvalue weighted by Crippen LogP contribution is -2.14. The molecule has 0 aliphatic rings. The number of para-hydroxylation sites is 2. The van der Waals surface area contributed by atoms with E-state index in [0.717, 1.165) is 11.3 Å². The van der Waals surface area contributed by atoms with Crippen molar-refractivity contribution < 1.29 is 9.21 Å². The van der Waals surface area contributed by atoms with Crippen LogP contribution in [0.2, 0.25) is 5.02 Å². The number of nitrogens with one attached hydrogen (secondary N) is 2. The first kappa shape index (κ1) is 18.8. The number of benzene rings is 3. The van der Waals surface area contributed by atoms with E-state index >= 15 is 0 Å². The second kappa shape index (κ2) is 8.63. The number of carbonyl (C=O) groups excluding carboxylic acids is 1. The Balaban J connectivity index is 1.46. The molecule has 6 heteroatoms. The number of amides is 1. The largest absolute Gasteiger partial charge is 0.439 e. The molecule has 0 fully saturated rings. The van der Waals surface area contributed by atoms with Gasteiger partial charge in [-0.25, -0.2) is 4.98 Å². The normalized spacial score (nSPS) is 10.5. The molecule has 0 bridgehead atoms. The quantitative estimate of drug-likeness (QED) is 0.423. The van der Waals surface area contributed by atoms with E-state index in [1.54, 1.807) is 18.3 Å². The van der Waals surface area contributed by atoms with Crippen LogP contribution in [0.5, 0.6) is 0 Å². The lowest BCUT2D eigenvalue weighted by molar-refractivity contribution is 0.102. The van der Waals surface area contributed by atoms with E-state index in [9.17, 15) is 4.79 Å². The van der Waals surface area contributed by atoms with Gasteiger partial charge in [-0.3, -0.25) is 4.79 Å². The summed E-state index contributed by atoms with van der Waals surface area (Å²) in [6.45, 7) is 0.343. The molecule has 1 aromatic heterocycles. The molecule has 0 aliphatic carbocycles. The summed E-state index contributed by atoms with van der Waals surface area (Å²) in [5.74, 6) is 0.962. The van der Waals surface area contributed by atoms with Crippen LogP contribution in [0, 0.1) is 0 Å². The van der Waals surface area contributed by atoms with Crippen LogP contribution in [-0.4, -0.2) is 10.9 Å². The van der Waals surface area contributed by atoms with Crippen LogP contribution in [0.15, 0.2) is 89.5 Å². The van der Waals surface area contributed by atoms with Crippen molar-refractivity contribution in [3.8, 4) is 11.3 Å². The minimum Gasteiger partial charge on any atom is -0.439 e. The van der Waals surface area contributed by atoms with Gasteiger partial charge in [-0.2, -0.15) is 0 Å². The van der Waals surface area contributed by atoms with Crippen LogP contribution in [-0.2, 0) is 6.54 Å². The number of aromatic nitrogens is 1. The highest BCUT2D eigenvalue weighted by Gasteiger charge is 2.12. The molecular weight excluding hydrogens is 386 g/mol. The summed E-state index contributed by atoms with van der Waals surface area (Å²) in [5, 5.41) is 6.76. The molecule has 5 nitrogen and oxygen atoms in total. The molecule has 0 saturated heterocycles. The van der Waals surface area contributed by atoms with Crippen molar-refractivity contribution in [1.29, 1.82) is 0 Å². The smallest absolute Gasteiger partial charge is 0.257 e. The molecule has 0 radical (unpaired) electrons. The van der Waals surface area contributed by atoms with Crippen molar-refractivity contribution >= 4 is 28.9 Å². The van der Waals surface area contributed by atoms with E-state index in [1.807, 2.05) is 66.7 Å². The van der Waals surface area contributed by atoms with Gasteiger partial charge in [0.2, 0.25) is 5.89 Å². The van der Waals surface area contributed by atoms with E-state index in [0.29, 0.717) is 34.5 Å². The van der Waals surface area contributed by atoms with Crippen molar-refractivity contribution in [2.45, 2.75) is 6.54 Å². The van der Waals surface area contributed by atoms with Gasteiger partial charge in [0.25, 0.3) is 5.91 Å². The first-order valence-electron chi connectivity index (χ1n) is 9.09. The SMILES string of the molecule is O=C(Nc1ccccc1)c1ccccc1NCc1ncc(-c2cccc(Cl)c2)o1. The van der Waals surface area contributed by atoms with Gasteiger partial charge < -0.3 is 15.1 Å². The van der Waals surface area contributed by atoms with Gasteiger partial charge in [0, 0.05) is 22.0 Å². The lowest BCUT2D eigenvalue weighted by atomic mass is 10.1. The van der Waals surface area contributed by atoms with E-state index in [1.165, 1.54) is 0 Å². The highest BCUT2D eigenvalue weighted by molar-refractivity contribution is 6.30. The molecule has 29 heavy (non-hydrogen) atoms. The molecule has 1 amide bonds. The maximum atomic E-state index is 12.7. The molecule has 3 aromatic carbocycles. The van der Waals surface area contributed by atoms with Crippen LogP contribution < -0.4 is 10.6 Å². The molecule has 0 saturated carbocycles. The summed E-state index contributed by atoms with van der Waals surface area (Å²) >= 11 is 6.04. The van der Waals surface area contributed by atoms with Crippen molar-refractivity contribution in [3.63, 3.8) is 0 Å². The first-order chi connectivity index (χ1) is 14.2. The van der Waals surface area contributed by atoms with Crippen LogP contribution in [0.1, 0.15) is 16.2 Å². The average molecular weight is 404 g/mol. The van der Waals surface area contributed by atoms with E-state index in [4.69, 9.17) is 16.0 Å². The molecule has 4 aromatic rings. The summed E-state index contributed by atoms with van der Waals surface area (Å²) in [7, 11) is 0. The number of carbonyl (C=O) groups is 1. The van der Waals surface area contributed by atoms with E-state index in [-0.39, 0.29) is 5.91 Å². The number of nitrogens with zero attached hydrogens (tertiary/aromatic N) is 1. The van der Waals surface area contributed by atoms with Crippen molar-refractivity contribution in [2.24, 2.45) is 0 Å². The molecule has 4 rings (SSSR count). The number of oxazole rings is 1. The molecule has 0 aliphatic heterocycles. The van der Waals surface area contributed by atoms with Gasteiger partial charge in [0.05, 0.1) is 18.3 Å². The Morgan fingerprint density at radius 3 is 2.59 bits per heavy atom. The summed E-state index contributed by atoms with van der Waals surface area (Å²) in [6, 6.07) is 24.1. The highest BCUT2D eigenvalue weighted by atomic mass is 35.5. The summed E-state index contributed by atoms with van der Waals surface area (Å²) in [6.07, 6.45) is 1.66. The molecular formula is C23H18ClN3O2. The minimum absolute atomic E-state index is 0.189. The van der Waals surface area contributed by atoms with Crippen LogP contribution in [0.3, 0.4) is 0 Å². The van der Waals surface area contributed by atoms with Gasteiger partial charge in [-0.15, -0.1) is 0 Å². The van der Waals surface area contributed by atoms with Crippen molar-refractivity contribution in [1.82, 2.24) is 4.98 Å². The third kappa shape index (κ3) is 4.65. The zero-order valence-electron chi connectivity index (χ0n) is 15.4.